The lowest BCUT2D eigenvalue weighted by atomic mass is 10.2. The topological polar surface area (TPSA) is 58.7 Å². The van der Waals surface area contributed by atoms with Gasteiger partial charge in [0.05, 0.1) is 12.8 Å². The van der Waals surface area contributed by atoms with Crippen LogP contribution in [0.5, 0.6) is 0 Å². The molecule has 3 rings (SSSR count). The Morgan fingerprint density at radius 1 is 1.28 bits per heavy atom. The van der Waals surface area contributed by atoms with E-state index in [1.54, 1.807) is 17.0 Å². The van der Waals surface area contributed by atoms with Gasteiger partial charge in [0.1, 0.15) is 6.54 Å². The molecule has 2 amide bonds. The van der Waals surface area contributed by atoms with E-state index in [4.69, 9.17) is 4.42 Å². The summed E-state index contributed by atoms with van der Waals surface area (Å²) >= 11 is 0. The second kappa shape index (κ2) is 7.17. The van der Waals surface area contributed by atoms with Crippen LogP contribution in [0.3, 0.4) is 0 Å². The van der Waals surface area contributed by atoms with Gasteiger partial charge in [0, 0.05) is 31.0 Å². The van der Waals surface area contributed by atoms with Gasteiger partial charge < -0.3 is 18.8 Å². The molecule has 0 spiro atoms. The molecule has 1 fully saturated rings. The van der Waals surface area contributed by atoms with Gasteiger partial charge in [-0.2, -0.15) is 0 Å². The summed E-state index contributed by atoms with van der Waals surface area (Å²) in [5.74, 6) is 0.00202. The summed E-state index contributed by atoms with van der Waals surface area (Å²) in [4.78, 5) is 29.0. The number of furan rings is 1. The molecule has 1 aliphatic carbocycles. The van der Waals surface area contributed by atoms with Crippen LogP contribution in [0.4, 0.5) is 0 Å². The van der Waals surface area contributed by atoms with E-state index >= 15 is 0 Å². The van der Waals surface area contributed by atoms with E-state index in [1.165, 1.54) is 6.26 Å². The van der Waals surface area contributed by atoms with E-state index in [2.05, 4.69) is 0 Å². The molecule has 6 heteroatoms. The fourth-order valence-electron chi connectivity index (χ4n) is 2.91. The Bertz CT molecular complexity index is 729. The number of aromatic nitrogens is 1. The number of nitrogens with zero attached hydrogens (tertiary/aromatic N) is 3. The number of hydrogen-bond donors (Lipinski definition) is 0. The molecule has 0 radical (unpaired) electrons. The highest BCUT2D eigenvalue weighted by atomic mass is 16.3. The van der Waals surface area contributed by atoms with Crippen molar-refractivity contribution < 1.29 is 14.0 Å². The first-order valence-corrected chi connectivity index (χ1v) is 8.71. The number of carbonyl (C=O) groups is 2. The van der Waals surface area contributed by atoms with Crippen LogP contribution in [0.2, 0.25) is 0 Å². The quantitative estimate of drug-likeness (QED) is 0.776. The van der Waals surface area contributed by atoms with Gasteiger partial charge in [0.2, 0.25) is 5.91 Å². The van der Waals surface area contributed by atoms with Crippen LogP contribution in [0.15, 0.2) is 41.1 Å². The van der Waals surface area contributed by atoms with Crippen molar-refractivity contribution in [2.24, 2.45) is 7.05 Å². The normalized spacial score (nSPS) is 13.9. The third kappa shape index (κ3) is 3.95. The highest BCUT2D eigenvalue weighted by Gasteiger charge is 2.35. The van der Waals surface area contributed by atoms with Crippen molar-refractivity contribution in [3.05, 3.63) is 48.2 Å². The number of rotatable bonds is 7. The minimum absolute atomic E-state index is 0.0164. The zero-order valence-electron chi connectivity index (χ0n) is 15.0. The molecule has 1 aliphatic rings. The molecule has 2 aromatic heterocycles. The molecular formula is C19H25N3O3. The molecule has 0 bridgehead atoms. The van der Waals surface area contributed by atoms with E-state index in [-0.39, 0.29) is 36.2 Å². The van der Waals surface area contributed by atoms with Gasteiger partial charge in [-0.05, 0) is 51.0 Å². The molecule has 0 aromatic carbocycles. The standard InChI is InChI=1S/C19H25N3O3/c1-14(2)21(19(24)17-7-5-11-25-17)13-18(23)22(15-8-9-15)12-16-6-4-10-20(16)3/h4-7,10-11,14-15H,8-9,12-13H2,1-3H3. The number of amides is 2. The Hall–Kier alpha value is -2.50. The van der Waals surface area contributed by atoms with Crippen molar-refractivity contribution in [3.8, 4) is 0 Å². The smallest absolute Gasteiger partial charge is 0.290 e. The van der Waals surface area contributed by atoms with Crippen molar-refractivity contribution in [2.45, 2.75) is 45.3 Å². The fourth-order valence-corrected chi connectivity index (χ4v) is 2.91. The van der Waals surface area contributed by atoms with Gasteiger partial charge in [0.25, 0.3) is 5.91 Å². The highest BCUT2D eigenvalue weighted by Crippen LogP contribution is 2.29. The van der Waals surface area contributed by atoms with Crippen LogP contribution < -0.4 is 0 Å². The van der Waals surface area contributed by atoms with Gasteiger partial charge in [-0.1, -0.05) is 0 Å². The van der Waals surface area contributed by atoms with E-state index in [1.807, 2.05) is 48.7 Å². The molecular weight excluding hydrogens is 318 g/mol. The lowest BCUT2D eigenvalue weighted by molar-refractivity contribution is -0.133. The summed E-state index contributed by atoms with van der Waals surface area (Å²) < 4.78 is 7.23. The Balaban J connectivity index is 1.72. The van der Waals surface area contributed by atoms with Crippen LogP contribution in [-0.4, -0.2) is 44.8 Å². The van der Waals surface area contributed by atoms with Crippen molar-refractivity contribution in [2.75, 3.05) is 6.54 Å². The van der Waals surface area contributed by atoms with Gasteiger partial charge in [-0.25, -0.2) is 0 Å². The summed E-state index contributed by atoms with van der Waals surface area (Å²) in [6, 6.07) is 7.51. The van der Waals surface area contributed by atoms with Gasteiger partial charge >= 0.3 is 0 Å². The first kappa shape index (κ1) is 17.3. The third-order valence-corrected chi connectivity index (χ3v) is 4.61. The molecule has 134 valence electrons. The summed E-state index contributed by atoms with van der Waals surface area (Å²) in [5, 5.41) is 0. The summed E-state index contributed by atoms with van der Waals surface area (Å²) in [6.07, 6.45) is 5.51. The van der Waals surface area contributed by atoms with E-state index in [0.29, 0.717) is 6.54 Å². The van der Waals surface area contributed by atoms with Crippen molar-refractivity contribution >= 4 is 11.8 Å². The first-order valence-electron chi connectivity index (χ1n) is 8.71. The van der Waals surface area contributed by atoms with Gasteiger partial charge in [-0.15, -0.1) is 0 Å². The fraction of sp³-hybridized carbons (Fsp3) is 0.474. The predicted octanol–water partition coefficient (Wildman–Crippen LogP) is 2.66. The molecule has 25 heavy (non-hydrogen) atoms. The average Bonchev–Trinajstić information content (AvgIpc) is 3.10. The number of hydrogen-bond acceptors (Lipinski definition) is 3. The SMILES string of the molecule is CC(C)N(CC(=O)N(Cc1cccn1C)C1CC1)C(=O)c1ccco1. The lowest BCUT2D eigenvalue weighted by Crippen LogP contribution is -2.46. The van der Waals surface area contributed by atoms with Crippen molar-refractivity contribution in [1.29, 1.82) is 0 Å². The largest absolute Gasteiger partial charge is 0.459 e. The molecule has 6 nitrogen and oxygen atoms in total. The molecule has 0 saturated heterocycles. The second-order valence-corrected chi connectivity index (χ2v) is 6.87. The molecule has 0 atom stereocenters. The monoisotopic (exact) mass is 343 g/mol. The Labute approximate surface area is 148 Å². The number of carbonyl (C=O) groups excluding carboxylic acids is 2. The third-order valence-electron chi connectivity index (χ3n) is 4.61. The molecule has 0 unspecified atom stereocenters. The highest BCUT2D eigenvalue weighted by molar-refractivity contribution is 5.94. The Morgan fingerprint density at radius 3 is 2.56 bits per heavy atom. The zero-order chi connectivity index (χ0) is 18.0. The molecule has 0 aliphatic heterocycles. The maximum Gasteiger partial charge on any atom is 0.290 e. The minimum atomic E-state index is -0.247. The van der Waals surface area contributed by atoms with Gasteiger partial charge in [-0.3, -0.25) is 9.59 Å². The Morgan fingerprint density at radius 2 is 2.04 bits per heavy atom. The average molecular weight is 343 g/mol. The molecule has 2 heterocycles. The maximum atomic E-state index is 12.9. The van der Waals surface area contributed by atoms with Crippen LogP contribution in [-0.2, 0) is 18.4 Å². The van der Waals surface area contributed by atoms with Crippen LogP contribution in [0.25, 0.3) is 0 Å². The zero-order valence-corrected chi connectivity index (χ0v) is 15.0. The van der Waals surface area contributed by atoms with Gasteiger partial charge in [0.15, 0.2) is 5.76 Å². The van der Waals surface area contributed by atoms with Crippen LogP contribution in [0.1, 0.15) is 42.9 Å². The minimum Gasteiger partial charge on any atom is -0.459 e. The first-order chi connectivity index (χ1) is 12.0. The van der Waals surface area contributed by atoms with Crippen molar-refractivity contribution in [1.82, 2.24) is 14.4 Å². The van der Waals surface area contributed by atoms with E-state index < -0.39 is 0 Å². The molecule has 1 saturated carbocycles. The Kier molecular flexibility index (Phi) is 4.97. The van der Waals surface area contributed by atoms with Crippen LogP contribution in [0, 0.1) is 0 Å². The summed E-state index contributed by atoms with van der Waals surface area (Å²) in [6.45, 7) is 4.46. The van der Waals surface area contributed by atoms with Crippen molar-refractivity contribution in [3.63, 3.8) is 0 Å². The second-order valence-electron chi connectivity index (χ2n) is 6.87. The van der Waals surface area contributed by atoms with E-state index in [9.17, 15) is 9.59 Å². The summed E-state index contributed by atoms with van der Waals surface area (Å²) in [5.41, 5.74) is 1.09. The van der Waals surface area contributed by atoms with E-state index in [0.717, 1.165) is 18.5 Å². The molecule has 0 N–H and O–H groups in total. The predicted molar refractivity (Wildman–Crippen MR) is 93.9 cm³/mol. The summed E-state index contributed by atoms with van der Waals surface area (Å²) in [7, 11) is 1.98. The maximum absolute atomic E-state index is 12.9. The number of aryl methyl sites for hydroxylation is 1. The molecule has 2 aromatic rings. The lowest BCUT2D eigenvalue weighted by Gasteiger charge is -2.29. The van der Waals surface area contributed by atoms with Crippen LogP contribution >= 0.6 is 0 Å².